The topological polar surface area (TPSA) is 159 Å². The number of ether oxygens (including phenoxy) is 1. The van der Waals surface area contributed by atoms with Crippen LogP contribution in [0.15, 0.2) is 59.1 Å². The van der Waals surface area contributed by atoms with Crippen molar-refractivity contribution in [2.24, 2.45) is 5.14 Å². The smallest absolute Gasteiger partial charge is 0.265 e. The molecule has 3 N–H and O–H groups in total. The van der Waals surface area contributed by atoms with Crippen LogP contribution in [0.4, 0.5) is 5.69 Å². The number of sulfonamides is 1. The van der Waals surface area contributed by atoms with Gasteiger partial charge in [0.2, 0.25) is 10.2 Å². The van der Waals surface area contributed by atoms with Crippen molar-refractivity contribution in [1.82, 2.24) is 20.0 Å². The van der Waals surface area contributed by atoms with Crippen LogP contribution < -0.4 is 15.2 Å². The Kier molecular flexibility index (Phi) is 7.00. The molecule has 4 rings (SSSR count). The molecule has 4 aromatic rings. The first-order valence-corrected chi connectivity index (χ1v) is 12.2. The molecule has 0 bridgehead atoms. The number of nitrogens with two attached hydrogens (primary N) is 1. The fourth-order valence-corrected chi connectivity index (χ4v) is 4.55. The van der Waals surface area contributed by atoms with E-state index in [1.54, 1.807) is 54.6 Å². The number of rotatable bonds is 7. The van der Waals surface area contributed by atoms with Gasteiger partial charge in [-0.15, -0.1) is 16.4 Å². The van der Waals surface area contributed by atoms with Crippen LogP contribution in [0.2, 0.25) is 0 Å². The van der Waals surface area contributed by atoms with Crippen molar-refractivity contribution in [2.75, 3.05) is 5.32 Å². The Morgan fingerprint density at radius 2 is 2.03 bits per heavy atom. The lowest BCUT2D eigenvalue weighted by Gasteiger charge is -2.05. The van der Waals surface area contributed by atoms with Crippen LogP contribution >= 0.6 is 11.3 Å². The molecular formula is C22H16N6O5S2. The van der Waals surface area contributed by atoms with E-state index >= 15 is 0 Å². The van der Waals surface area contributed by atoms with Crippen molar-refractivity contribution >= 4 is 49.1 Å². The highest BCUT2D eigenvalue weighted by molar-refractivity contribution is 7.91. The predicted octanol–water partition coefficient (Wildman–Crippen LogP) is 1.49. The summed E-state index contributed by atoms with van der Waals surface area (Å²) < 4.78 is 30.5. The van der Waals surface area contributed by atoms with Crippen molar-refractivity contribution in [3.05, 3.63) is 66.0 Å². The predicted molar refractivity (Wildman–Crippen MR) is 128 cm³/mol. The molecule has 0 unspecified atom stereocenters. The average molecular weight is 509 g/mol. The minimum atomic E-state index is -3.87. The zero-order chi connectivity index (χ0) is 24.8. The van der Waals surface area contributed by atoms with E-state index in [1.165, 1.54) is 4.68 Å². The van der Waals surface area contributed by atoms with Crippen LogP contribution in [-0.4, -0.2) is 40.2 Å². The second-order valence-corrected chi connectivity index (χ2v) is 9.77. The second-order valence-electron chi connectivity index (χ2n) is 7.01. The van der Waals surface area contributed by atoms with Gasteiger partial charge >= 0.3 is 0 Å². The molecule has 0 saturated carbocycles. The van der Waals surface area contributed by atoms with Gasteiger partial charge in [0.05, 0.1) is 22.5 Å². The monoisotopic (exact) mass is 508 g/mol. The summed E-state index contributed by atoms with van der Waals surface area (Å²) in [6.07, 6.45) is 2.67. The van der Waals surface area contributed by atoms with Crippen molar-refractivity contribution < 1.29 is 22.7 Å². The Balaban J connectivity index is 1.32. The number of hydrogen-bond acceptors (Lipinski definition) is 9. The fourth-order valence-electron chi connectivity index (χ4n) is 2.87. The molecule has 0 fully saturated rings. The van der Waals surface area contributed by atoms with E-state index in [2.05, 4.69) is 32.5 Å². The Hall–Kier alpha value is -4.34. The Morgan fingerprint density at radius 1 is 1.23 bits per heavy atom. The number of benzene rings is 2. The quantitative estimate of drug-likeness (QED) is 0.281. The molecule has 0 spiro atoms. The van der Waals surface area contributed by atoms with Gasteiger partial charge in [-0.25, -0.2) is 28.0 Å². The number of primary sulfonamides is 1. The third kappa shape index (κ3) is 6.38. The van der Waals surface area contributed by atoms with Crippen molar-refractivity contribution in [1.29, 1.82) is 0 Å². The number of aromatic nitrogens is 4. The SMILES string of the molecule is NS(=O)(=O)c1nc2ccc(OCc3cn(CC(=O)Nc4ccc(C#CC=C=O)cc4)nn3)cc2s1. The Morgan fingerprint density at radius 3 is 2.77 bits per heavy atom. The summed E-state index contributed by atoms with van der Waals surface area (Å²) in [5.41, 5.74) is 2.27. The number of nitrogens with one attached hydrogen (secondary N) is 1. The number of allylic oxidation sites excluding steroid dienone is 1. The van der Waals surface area contributed by atoms with Crippen LogP contribution in [0.25, 0.3) is 10.2 Å². The first-order valence-electron chi connectivity index (χ1n) is 9.86. The summed E-state index contributed by atoms with van der Waals surface area (Å²) in [4.78, 5) is 26.4. The van der Waals surface area contributed by atoms with Gasteiger partial charge in [-0.1, -0.05) is 17.1 Å². The minimum absolute atomic E-state index is 0.0537. The van der Waals surface area contributed by atoms with E-state index in [-0.39, 0.29) is 23.4 Å². The zero-order valence-electron chi connectivity index (χ0n) is 17.8. The maximum atomic E-state index is 12.3. The maximum Gasteiger partial charge on any atom is 0.265 e. The third-order valence-electron chi connectivity index (χ3n) is 4.38. The van der Waals surface area contributed by atoms with E-state index in [4.69, 9.17) is 9.88 Å². The molecule has 2 aromatic carbocycles. The molecule has 0 atom stereocenters. The summed E-state index contributed by atoms with van der Waals surface area (Å²) in [6, 6.07) is 11.8. The summed E-state index contributed by atoms with van der Waals surface area (Å²) >= 11 is 0.954. The number of hydrogen-bond donors (Lipinski definition) is 2. The number of fused-ring (bicyclic) bond motifs is 1. The summed E-state index contributed by atoms with van der Waals surface area (Å²) in [5.74, 6) is 7.07. The lowest BCUT2D eigenvalue weighted by molar-refractivity contribution is -0.116. The highest BCUT2D eigenvalue weighted by Crippen LogP contribution is 2.28. The van der Waals surface area contributed by atoms with E-state index < -0.39 is 10.0 Å². The molecule has 11 nitrogen and oxygen atoms in total. The van der Waals surface area contributed by atoms with Gasteiger partial charge in [0, 0.05) is 11.3 Å². The van der Waals surface area contributed by atoms with E-state index in [0.29, 0.717) is 32.9 Å². The number of carbonyl (C=O) groups excluding carboxylic acids is 2. The number of anilines is 1. The van der Waals surface area contributed by atoms with E-state index in [9.17, 15) is 18.0 Å². The zero-order valence-corrected chi connectivity index (χ0v) is 19.5. The number of carbonyl (C=O) groups is 1. The van der Waals surface area contributed by atoms with Gasteiger partial charge in [0.15, 0.2) is 0 Å². The average Bonchev–Trinajstić information content (AvgIpc) is 3.45. The fraction of sp³-hybridized carbons (Fsp3) is 0.0909. The van der Waals surface area contributed by atoms with E-state index in [1.807, 2.05) is 0 Å². The molecule has 0 aliphatic carbocycles. The number of nitrogens with zero attached hydrogens (tertiary/aromatic N) is 4. The standard InChI is InChI=1S/C22H16N6O5S2/c23-35(31,32)22-25-19-9-8-18(11-20(19)34-22)33-14-17-12-28(27-26-17)13-21(30)24-16-6-4-15(5-7-16)3-1-2-10-29/h2,4-9,11-12H,13-14H2,(H,24,30)(H2,23,31,32). The normalized spacial score (nSPS) is 10.8. The lowest BCUT2D eigenvalue weighted by atomic mass is 10.2. The molecule has 176 valence electrons. The van der Waals surface area contributed by atoms with Gasteiger partial charge in [-0.05, 0) is 42.5 Å². The van der Waals surface area contributed by atoms with Gasteiger partial charge in [0.1, 0.15) is 30.5 Å². The van der Waals surface area contributed by atoms with Crippen LogP contribution in [0.5, 0.6) is 5.75 Å². The maximum absolute atomic E-state index is 12.3. The van der Waals surface area contributed by atoms with Gasteiger partial charge in [-0.3, -0.25) is 4.79 Å². The molecule has 0 aliphatic heterocycles. The van der Waals surface area contributed by atoms with Gasteiger partial charge in [0.25, 0.3) is 10.0 Å². The Labute approximate surface area is 203 Å². The summed E-state index contributed by atoms with van der Waals surface area (Å²) in [6.45, 7) is 0.0393. The van der Waals surface area contributed by atoms with Crippen LogP contribution in [0, 0.1) is 11.8 Å². The first-order chi connectivity index (χ1) is 16.8. The molecular weight excluding hydrogens is 492 g/mol. The number of thiazole rings is 1. The molecule has 13 heteroatoms. The summed E-state index contributed by atoms with van der Waals surface area (Å²) in [7, 11) is -3.87. The molecule has 35 heavy (non-hydrogen) atoms. The molecule has 0 radical (unpaired) electrons. The second kappa shape index (κ2) is 10.3. The minimum Gasteiger partial charge on any atom is -0.487 e. The van der Waals surface area contributed by atoms with Crippen LogP contribution in [-0.2, 0) is 32.8 Å². The highest BCUT2D eigenvalue weighted by atomic mass is 32.2. The van der Waals surface area contributed by atoms with Crippen LogP contribution in [0.1, 0.15) is 11.3 Å². The van der Waals surface area contributed by atoms with Crippen molar-refractivity contribution in [2.45, 2.75) is 17.5 Å². The molecule has 2 heterocycles. The third-order valence-corrected chi connectivity index (χ3v) is 6.72. The van der Waals surface area contributed by atoms with Crippen molar-refractivity contribution in [3.63, 3.8) is 0 Å². The molecule has 1 amide bonds. The largest absolute Gasteiger partial charge is 0.487 e. The lowest BCUT2D eigenvalue weighted by Crippen LogP contribution is -2.19. The van der Waals surface area contributed by atoms with Gasteiger partial charge < -0.3 is 10.1 Å². The van der Waals surface area contributed by atoms with E-state index in [0.717, 1.165) is 17.4 Å². The molecule has 0 aliphatic rings. The van der Waals surface area contributed by atoms with Crippen molar-refractivity contribution in [3.8, 4) is 17.6 Å². The van der Waals surface area contributed by atoms with Gasteiger partial charge in [-0.2, -0.15) is 0 Å². The Bertz CT molecular complexity index is 1610. The molecule has 0 saturated heterocycles. The molecule has 2 aromatic heterocycles. The summed E-state index contributed by atoms with van der Waals surface area (Å²) in [5, 5.41) is 15.8. The van der Waals surface area contributed by atoms with Crippen LogP contribution in [0.3, 0.4) is 0 Å². The number of amides is 1. The highest BCUT2D eigenvalue weighted by Gasteiger charge is 2.15. The first kappa shape index (κ1) is 23.8.